The van der Waals surface area contributed by atoms with Gasteiger partial charge in [0, 0.05) is 30.3 Å². The molecule has 3 aliphatic heterocycles. The highest BCUT2D eigenvalue weighted by Gasteiger charge is 2.27. The molecule has 3 aliphatic rings. The van der Waals surface area contributed by atoms with Gasteiger partial charge in [-0.3, -0.25) is 4.90 Å². The second-order valence-corrected chi connectivity index (χ2v) is 8.56. The van der Waals surface area contributed by atoms with Crippen LogP contribution in [0, 0.1) is 5.92 Å². The number of hydrogen-bond donors (Lipinski definition) is 0. The van der Waals surface area contributed by atoms with Crippen molar-refractivity contribution in [1.82, 2.24) is 9.80 Å². The van der Waals surface area contributed by atoms with Gasteiger partial charge in [0.05, 0.1) is 5.02 Å². The molecule has 3 heterocycles. The van der Waals surface area contributed by atoms with Crippen LogP contribution in [0.1, 0.15) is 12.8 Å². The third kappa shape index (κ3) is 4.38. The molecule has 1 atom stereocenters. The molecule has 0 N–H and O–H groups in total. The largest absolute Gasteiger partial charge is 0.486 e. The first-order valence-electron chi connectivity index (χ1n) is 9.25. The van der Waals surface area contributed by atoms with E-state index in [1.165, 1.54) is 12.8 Å². The number of allylic oxidation sites excluding steroid dienone is 2. The van der Waals surface area contributed by atoms with Gasteiger partial charge in [0.25, 0.3) is 0 Å². The number of hydrogen-bond acceptors (Lipinski definition) is 4. The SMILES string of the molecule is Clc1cccc2c1O[C@@H](CN1CCC(CN3C=C(Br)C=CC3)CC1)CO2. The zero-order valence-corrected chi connectivity index (χ0v) is 17.1. The predicted molar refractivity (Wildman–Crippen MR) is 108 cm³/mol. The standard InChI is InChI=1S/C20H24BrClN2O2/c21-16-3-2-8-24(12-16)11-15-6-9-23(10-7-15)13-17-14-25-19-5-1-4-18(22)20(19)26-17/h1-5,12,15,17H,6-11,13-14H2/t17-/m0/s1. The first-order valence-corrected chi connectivity index (χ1v) is 10.4. The maximum Gasteiger partial charge on any atom is 0.180 e. The summed E-state index contributed by atoms with van der Waals surface area (Å²) in [6.07, 6.45) is 9.05. The molecule has 0 spiro atoms. The molecular weight excluding hydrogens is 416 g/mol. The molecule has 4 nitrogen and oxygen atoms in total. The van der Waals surface area contributed by atoms with Crippen molar-refractivity contribution < 1.29 is 9.47 Å². The van der Waals surface area contributed by atoms with E-state index in [9.17, 15) is 0 Å². The minimum Gasteiger partial charge on any atom is -0.486 e. The fourth-order valence-corrected chi connectivity index (χ4v) is 4.55. The van der Waals surface area contributed by atoms with E-state index in [1.807, 2.05) is 18.2 Å². The Labute approximate surface area is 168 Å². The predicted octanol–water partition coefficient (Wildman–Crippen LogP) is 4.30. The number of para-hydroxylation sites is 1. The van der Waals surface area contributed by atoms with Crippen molar-refractivity contribution in [3.05, 3.63) is 46.1 Å². The number of rotatable bonds is 4. The number of nitrogens with zero attached hydrogens (tertiary/aromatic N) is 2. The van der Waals surface area contributed by atoms with Gasteiger partial charge in [-0.05, 0) is 66.0 Å². The third-order valence-electron chi connectivity index (χ3n) is 5.22. The van der Waals surface area contributed by atoms with E-state index in [-0.39, 0.29) is 6.10 Å². The Morgan fingerprint density at radius 1 is 1.19 bits per heavy atom. The summed E-state index contributed by atoms with van der Waals surface area (Å²) in [5.74, 6) is 2.20. The van der Waals surface area contributed by atoms with E-state index in [0.717, 1.165) is 48.9 Å². The Hall–Kier alpha value is -1.17. The molecule has 26 heavy (non-hydrogen) atoms. The lowest BCUT2D eigenvalue weighted by Gasteiger charge is -2.37. The third-order valence-corrected chi connectivity index (χ3v) is 5.99. The molecular formula is C20H24BrClN2O2. The van der Waals surface area contributed by atoms with Gasteiger partial charge in [0.1, 0.15) is 12.7 Å². The quantitative estimate of drug-likeness (QED) is 0.698. The van der Waals surface area contributed by atoms with Crippen LogP contribution in [-0.2, 0) is 0 Å². The average molecular weight is 440 g/mol. The van der Waals surface area contributed by atoms with Crippen LogP contribution < -0.4 is 9.47 Å². The van der Waals surface area contributed by atoms with Crippen LogP contribution in [0.15, 0.2) is 41.0 Å². The zero-order valence-electron chi connectivity index (χ0n) is 14.7. The van der Waals surface area contributed by atoms with Crippen LogP contribution >= 0.6 is 27.5 Å². The summed E-state index contributed by atoms with van der Waals surface area (Å²) in [7, 11) is 0. The number of likely N-dealkylation sites (tertiary alicyclic amines) is 1. The Morgan fingerprint density at radius 2 is 2.04 bits per heavy atom. The monoisotopic (exact) mass is 438 g/mol. The van der Waals surface area contributed by atoms with Crippen molar-refractivity contribution in [2.75, 3.05) is 39.3 Å². The molecule has 1 aromatic carbocycles. The van der Waals surface area contributed by atoms with Gasteiger partial charge in [-0.1, -0.05) is 23.7 Å². The van der Waals surface area contributed by atoms with Crippen molar-refractivity contribution in [1.29, 1.82) is 0 Å². The number of piperidine rings is 1. The van der Waals surface area contributed by atoms with Crippen molar-refractivity contribution in [2.24, 2.45) is 5.92 Å². The molecule has 0 unspecified atom stereocenters. The molecule has 0 aromatic heterocycles. The number of fused-ring (bicyclic) bond motifs is 1. The Kier molecular flexibility index (Phi) is 5.77. The average Bonchev–Trinajstić information content (AvgIpc) is 2.64. The lowest BCUT2D eigenvalue weighted by molar-refractivity contribution is 0.0462. The first-order chi connectivity index (χ1) is 12.7. The van der Waals surface area contributed by atoms with Crippen molar-refractivity contribution in [3.8, 4) is 11.5 Å². The van der Waals surface area contributed by atoms with E-state index in [4.69, 9.17) is 21.1 Å². The van der Waals surface area contributed by atoms with Crippen LogP contribution in [0.2, 0.25) is 5.02 Å². The summed E-state index contributed by atoms with van der Waals surface area (Å²) in [6.45, 7) is 5.88. The van der Waals surface area contributed by atoms with Gasteiger partial charge in [-0.2, -0.15) is 0 Å². The number of ether oxygens (including phenoxy) is 2. The summed E-state index contributed by atoms with van der Waals surface area (Å²) in [4.78, 5) is 4.90. The van der Waals surface area contributed by atoms with E-state index in [0.29, 0.717) is 17.4 Å². The first kappa shape index (κ1) is 18.2. The molecule has 0 radical (unpaired) electrons. The molecule has 1 aromatic rings. The van der Waals surface area contributed by atoms with E-state index < -0.39 is 0 Å². The number of halogens is 2. The minimum atomic E-state index is 0.0464. The van der Waals surface area contributed by atoms with Gasteiger partial charge in [0.2, 0.25) is 0 Å². The van der Waals surface area contributed by atoms with E-state index in [1.54, 1.807) is 0 Å². The molecule has 0 amide bonds. The van der Waals surface area contributed by atoms with E-state index in [2.05, 4.69) is 44.1 Å². The van der Waals surface area contributed by atoms with Gasteiger partial charge >= 0.3 is 0 Å². The highest BCUT2D eigenvalue weighted by Crippen LogP contribution is 2.38. The molecule has 0 aliphatic carbocycles. The molecule has 6 heteroatoms. The summed E-state index contributed by atoms with van der Waals surface area (Å²) in [5, 5.41) is 0.626. The fraction of sp³-hybridized carbons (Fsp3) is 0.500. The summed E-state index contributed by atoms with van der Waals surface area (Å²) < 4.78 is 13.1. The van der Waals surface area contributed by atoms with Crippen LogP contribution in [0.4, 0.5) is 0 Å². The molecule has 4 rings (SSSR count). The van der Waals surface area contributed by atoms with Gasteiger partial charge in [-0.15, -0.1) is 0 Å². The second-order valence-electron chi connectivity index (χ2n) is 7.23. The Balaban J connectivity index is 1.24. The molecule has 0 bridgehead atoms. The lowest BCUT2D eigenvalue weighted by atomic mass is 9.96. The molecule has 0 saturated carbocycles. The number of benzene rings is 1. The zero-order chi connectivity index (χ0) is 17.9. The highest BCUT2D eigenvalue weighted by atomic mass is 79.9. The summed E-state index contributed by atoms with van der Waals surface area (Å²) in [6, 6.07) is 5.65. The highest BCUT2D eigenvalue weighted by molar-refractivity contribution is 9.11. The maximum atomic E-state index is 6.24. The van der Waals surface area contributed by atoms with Gasteiger partial charge in [0.15, 0.2) is 11.5 Å². The van der Waals surface area contributed by atoms with Crippen LogP contribution in [0.5, 0.6) is 11.5 Å². The van der Waals surface area contributed by atoms with Crippen molar-refractivity contribution in [3.63, 3.8) is 0 Å². The van der Waals surface area contributed by atoms with Gasteiger partial charge < -0.3 is 14.4 Å². The van der Waals surface area contributed by atoms with Gasteiger partial charge in [-0.25, -0.2) is 0 Å². The topological polar surface area (TPSA) is 24.9 Å². The summed E-state index contributed by atoms with van der Waals surface area (Å²) >= 11 is 9.80. The normalized spacial score (nSPS) is 23.8. The van der Waals surface area contributed by atoms with Crippen molar-refractivity contribution in [2.45, 2.75) is 18.9 Å². The second kappa shape index (κ2) is 8.24. The van der Waals surface area contributed by atoms with Crippen LogP contribution in [0.25, 0.3) is 0 Å². The minimum absolute atomic E-state index is 0.0464. The Bertz CT molecular complexity index is 701. The van der Waals surface area contributed by atoms with Crippen molar-refractivity contribution >= 4 is 27.5 Å². The lowest BCUT2D eigenvalue weighted by Crippen LogP contribution is -2.45. The molecule has 140 valence electrons. The van der Waals surface area contributed by atoms with Crippen LogP contribution in [0.3, 0.4) is 0 Å². The van der Waals surface area contributed by atoms with Crippen LogP contribution in [-0.4, -0.2) is 55.2 Å². The van der Waals surface area contributed by atoms with E-state index >= 15 is 0 Å². The Morgan fingerprint density at radius 3 is 2.85 bits per heavy atom. The summed E-state index contributed by atoms with van der Waals surface area (Å²) in [5.41, 5.74) is 0. The fourth-order valence-electron chi connectivity index (χ4n) is 3.86. The smallest absolute Gasteiger partial charge is 0.180 e. The maximum absolute atomic E-state index is 6.24. The molecule has 1 fully saturated rings. The molecule has 1 saturated heterocycles.